The van der Waals surface area contributed by atoms with Crippen LogP contribution in [0.15, 0.2) is 30.3 Å². The molecule has 0 unspecified atom stereocenters. The van der Waals surface area contributed by atoms with E-state index in [1.165, 1.54) is 12.1 Å². The molecule has 0 saturated heterocycles. The van der Waals surface area contributed by atoms with E-state index < -0.39 is 17.5 Å². The monoisotopic (exact) mass is 257 g/mol. The predicted molar refractivity (Wildman–Crippen MR) is 61.2 cm³/mol. The van der Waals surface area contributed by atoms with Crippen molar-refractivity contribution in [2.45, 2.75) is 0 Å². The molecule has 0 heterocycles. The van der Waals surface area contributed by atoms with Crippen LogP contribution >= 0.6 is 11.6 Å². The van der Waals surface area contributed by atoms with Crippen molar-refractivity contribution in [3.05, 3.63) is 52.8 Å². The molecule has 0 aliphatic carbocycles. The number of hydrogen-bond donors (Lipinski definition) is 1. The minimum absolute atomic E-state index is 0.0641. The Balaban J connectivity index is 2.64. The largest absolute Gasteiger partial charge is 0.396 e. The summed E-state index contributed by atoms with van der Waals surface area (Å²) >= 11 is 5.57. The minimum Gasteiger partial charge on any atom is -0.396 e. The normalized spacial score (nSPS) is 10.6. The zero-order chi connectivity index (χ0) is 12.6. The maximum absolute atomic E-state index is 13.6. The molecule has 88 valence electrons. The van der Waals surface area contributed by atoms with Crippen molar-refractivity contribution >= 4 is 17.3 Å². The second-order valence-electron chi connectivity index (χ2n) is 3.48. The molecule has 2 aromatic rings. The van der Waals surface area contributed by atoms with Gasteiger partial charge in [-0.05, 0) is 24.3 Å². The molecule has 0 atom stereocenters. The molecule has 0 aliphatic heterocycles. The second-order valence-corrected chi connectivity index (χ2v) is 3.91. The summed E-state index contributed by atoms with van der Waals surface area (Å²) in [6.07, 6.45) is 0. The summed E-state index contributed by atoms with van der Waals surface area (Å²) in [4.78, 5) is 0. The van der Waals surface area contributed by atoms with Gasteiger partial charge in [-0.15, -0.1) is 0 Å². The summed E-state index contributed by atoms with van der Waals surface area (Å²) in [5.41, 5.74) is 4.63. The van der Waals surface area contributed by atoms with E-state index >= 15 is 0 Å². The number of halogens is 4. The Morgan fingerprint density at radius 3 is 2.12 bits per heavy atom. The number of nitrogen functional groups attached to an aromatic ring is 1. The van der Waals surface area contributed by atoms with Gasteiger partial charge in [-0.3, -0.25) is 0 Å². The lowest BCUT2D eigenvalue weighted by atomic mass is 10.0. The Labute approximate surface area is 101 Å². The summed E-state index contributed by atoms with van der Waals surface area (Å²) < 4.78 is 40.3. The molecule has 0 saturated carbocycles. The van der Waals surface area contributed by atoms with Crippen LogP contribution in [0.4, 0.5) is 18.9 Å². The number of benzene rings is 2. The van der Waals surface area contributed by atoms with Crippen LogP contribution in [0.3, 0.4) is 0 Å². The molecular weight excluding hydrogens is 251 g/mol. The first kappa shape index (κ1) is 11.8. The van der Waals surface area contributed by atoms with Crippen molar-refractivity contribution in [2.75, 3.05) is 5.73 Å². The molecule has 0 amide bonds. The summed E-state index contributed by atoms with van der Waals surface area (Å²) in [6, 6.07) is 5.39. The van der Waals surface area contributed by atoms with Crippen molar-refractivity contribution in [3.63, 3.8) is 0 Å². The first-order chi connectivity index (χ1) is 7.99. The standard InChI is InChI=1S/C12H7ClF3N/c13-6-1-2-7(9(14)3-6)8-4-11(16)12(17)5-10(8)15/h1-5H,17H2. The molecule has 0 spiro atoms. The third-order valence-corrected chi connectivity index (χ3v) is 2.54. The molecule has 0 aliphatic rings. The van der Waals surface area contributed by atoms with Crippen molar-refractivity contribution in [2.24, 2.45) is 0 Å². The quantitative estimate of drug-likeness (QED) is 0.768. The maximum atomic E-state index is 13.6. The molecule has 0 fully saturated rings. The van der Waals surface area contributed by atoms with E-state index in [0.29, 0.717) is 0 Å². The average molecular weight is 258 g/mol. The van der Waals surface area contributed by atoms with Crippen LogP contribution in [-0.2, 0) is 0 Å². The van der Waals surface area contributed by atoms with Gasteiger partial charge in [0.05, 0.1) is 5.69 Å². The van der Waals surface area contributed by atoms with Crippen LogP contribution < -0.4 is 5.73 Å². The minimum atomic E-state index is -0.796. The SMILES string of the molecule is Nc1cc(F)c(-c2ccc(Cl)cc2F)cc1F. The molecule has 5 heteroatoms. The lowest BCUT2D eigenvalue weighted by Crippen LogP contribution is -1.96. The molecule has 17 heavy (non-hydrogen) atoms. The lowest BCUT2D eigenvalue weighted by molar-refractivity contribution is 0.601. The first-order valence-electron chi connectivity index (χ1n) is 4.69. The van der Waals surface area contributed by atoms with Crippen LogP contribution in [0.5, 0.6) is 0 Å². The Hall–Kier alpha value is -1.68. The van der Waals surface area contributed by atoms with Gasteiger partial charge in [-0.2, -0.15) is 0 Å². The highest BCUT2D eigenvalue weighted by atomic mass is 35.5. The Morgan fingerprint density at radius 1 is 0.824 bits per heavy atom. The molecule has 0 aromatic heterocycles. The number of nitrogens with two attached hydrogens (primary N) is 1. The van der Waals surface area contributed by atoms with Crippen LogP contribution in [0.25, 0.3) is 11.1 Å². The van der Waals surface area contributed by atoms with Gasteiger partial charge in [-0.25, -0.2) is 13.2 Å². The van der Waals surface area contributed by atoms with Gasteiger partial charge in [0, 0.05) is 22.2 Å². The summed E-state index contributed by atoms with van der Waals surface area (Å²) in [5.74, 6) is -2.30. The van der Waals surface area contributed by atoms with Crippen molar-refractivity contribution in [1.29, 1.82) is 0 Å². The van der Waals surface area contributed by atoms with Gasteiger partial charge in [0.15, 0.2) is 0 Å². The predicted octanol–water partition coefficient (Wildman–Crippen LogP) is 4.01. The van der Waals surface area contributed by atoms with Crippen molar-refractivity contribution < 1.29 is 13.2 Å². The smallest absolute Gasteiger partial charge is 0.146 e. The molecule has 2 N–H and O–H groups in total. The topological polar surface area (TPSA) is 26.0 Å². The highest BCUT2D eigenvalue weighted by Gasteiger charge is 2.13. The van der Waals surface area contributed by atoms with E-state index in [4.69, 9.17) is 17.3 Å². The molecule has 2 aromatic carbocycles. The zero-order valence-corrected chi connectivity index (χ0v) is 9.23. The van der Waals surface area contributed by atoms with Gasteiger partial charge < -0.3 is 5.73 Å². The van der Waals surface area contributed by atoms with Gasteiger partial charge in [0.1, 0.15) is 17.5 Å². The number of hydrogen-bond acceptors (Lipinski definition) is 1. The highest BCUT2D eigenvalue weighted by molar-refractivity contribution is 6.30. The maximum Gasteiger partial charge on any atom is 0.146 e. The average Bonchev–Trinajstić information content (AvgIpc) is 2.24. The second kappa shape index (κ2) is 4.30. The first-order valence-corrected chi connectivity index (χ1v) is 5.07. The van der Waals surface area contributed by atoms with Crippen molar-refractivity contribution in [3.8, 4) is 11.1 Å². The summed E-state index contributed by atoms with van der Waals surface area (Å²) in [6.45, 7) is 0. The van der Waals surface area contributed by atoms with Crippen LogP contribution in [0.1, 0.15) is 0 Å². The third-order valence-electron chi connectivity index (χ3n) is 2.31. The van der Waals surface area contributed by atoms with E-state index in [0.717, 1.165) is 18.2 Å². The fraction of sp³-hybridized carbons (Fsp3) is 0. The van der Waals surface area contributed by atoms with Gasteiger partial charge in [0.25, 0.3) is 0 Å². The zero-order valence-electron chi connectivity index (χ0n) is 8.48. The summed E-state index contributed by atoms with van der Waals surface area (Å²) in [7, 11) is 0. The van der Waals surface area contributed by atoms with Crippen LogP contribution in [0.2, 0.25) is 5.02 Å². The number of anilines is 1. The number of rotatable bonds is 1. The van der Waals surface area contributed by atoms with Crippen molar-refractivity contribution in [1.82, 2.24) is 0 Å². The van der Waals surface area contributed by atoms with Gasteiger partial charge in [-0.1, -0.05) is 11.6 Å². The Kier molecular flexibility index (Phi) is 2.98. The molecular formula is C12H7ClF3N. The molecule has 0 bridgehead atoms. The lowest BCUT2D eigenvalue weighted by Gasteiger charge is -2.07. The van der Waals surface area contributed by atoms with E-state index in [1.54, 1.807) is 0 Å². The molecule has 1 nitrogen and oxygen atoms in total. The van der Waals surface area contributed by atoms with Gasteiger partial charge in [0.2, 0.25) is 0 Å². The van der Waals surface area contributed by atoms with Gasteiger partial charge >= 0.3 is 0 Å². The van der Waals surface area contributed by atoms with Crippen LogP contribution in [-0.4, -0.2) is 0 Å². The fourth-order valence-electron chi connectivity index (χ4n) is 1.48. The summed E-state index contributed by atoms with van der Waals surface area (Å²) in [5, 5.41) is 0.183. The van der Waals surface area contributed by atoms with E-state index in [1.807, 2.05) is 0 Å². The Morgan fingerprint density at radius 2 is 1.47 bits per heavy atom. The Bertz CT molecular complexity index is 584. The van der Waals surface area contributed by atoms with E-state index in [-0.39, 0.29) is 21.8 Å². The molecule has 2 rings (SSSR count). The molecule has 0 radical (unpaired) electrons. The van der Waals surface area contributed by atoms with E-state index in [2.05, 4.69) is 0 Å². The third kappa shape index (κ3) is 2.22. The van der Waals surface area contributed by atoms with Crippen LogP contribution in [0, 0.1) is 17.5 Å². The van der Waals surface area contributed by atoms with E-state index in [9.17, 15) is 13.2 Å². The fourth-order valence-corrected chi connectivity index (χ4v) is 1.64. The highest BCUT2D eigenvalue weighted by Crippen LogP contribution is 2.29.